The molecular weight excluding hydrogens is 1280 g/mol. The van der Waals surface area contributed by atoms with E-state index in [1.54, 1.807) is 38.1 Å². The minimum absolute atomic E-state index is 0.0498. The third-order valence-corrected chi connectivity index (χ3v) is 22.4. The average molecular weight is 1360 g/mol. The van der Waals surface area contributed by atoms with Gasteiger partial charge < -0.3 is 54.3 Å². The van der Waals surface area contributed by atoms with Crippen LogP contribution in [0.5, 0.6) is 5.75 Å². The van der Waals surface area contributed by atoms with Crippen LogP contribution in [0, 0.1) is 5.92 Å². The molecule has 0 spiro atoms. The normalized spacial score (nSPS) is 27.3. The molecule has 91 heavy (non-hydrogen) atoms. The number of nitrogens with zero attached hydrogens (tertiary/aromatic N) is 4. The predicted octanol–water partition coefficient (Wildman–Crippen LogP) is 6.60. The first-order chi connectivity index (χ1) is 42.9. The SMILES string of the molecule is COc1cc2cc(c1Cl)N(C)C(=O)C[C@H](OC(=O)[C@H](C)N(C)C(=O)CCC(C)(C)SC1CC(=O)N(CCCCNC(=O)c3cnc(NC(=O)CCSC)c(CC(=O)C4SCSC4C(=O)O)c3)C1=O)[C@]1(C)O[C@H]1[C@H](C)[C@@H]1C[C@@](O)(NC(=O)O1)[C@H](OC)/C=C/C=C(\C)C2. The Balaban J connectivity index is 0.939. The van der Waals surface area contributed by atoms with Gasteiger partial charge in [-0.1, -0.05) is 56.2 Å². The second-order valence-corrected chi connectivity index (χ2v) is 30.0. The molecule has 5 aliphatic heterocycles. The van der Waals surface area contributed by atoms with Crippen LogP contribution in [-0.2, 0) is 70.1 Å². The number of carboxylic acid groups (broad SMARTS) is 1. The molecule has 1 aromatic carbocycles. The Hall–Kier alpha value is -5.88. The first kappa shape index (κ1) is 72.5. The van der Waals surface area contributed by atoms with Crippen LogP contribution in [0.3, 0.4) is 0 Å². The maximum atomic E-state index is 14.5. The molecule has 29 heteroatoms. The smallest absolute Gasteiger partial charge is 0.409 e. The number of aliphatic carboxylic acids is 1. The van der Waals surface area contributed by atoms with Crippen LogP contribution in [0.2, 0.25) is 5.02 Å². The Morgan fingerprint density at radius 3 is 2.46 bits per heavy atom. The van der Waals surface area contributed by atoms with Crippen molar-refractivity contribution in [1.82, 2.24) is 25.4 Å². The number of nitrogens with one attached hydrogen (secondary N) is 3. The van der Waals surface area contributed by atoms with Gasteiger partial charge in [-0.25, -0.2) is 14.6 Å². The minimum atomic E-state index is -1.90. The lowest BCUT2D eigenvalue weighted by Gasteiger charge is -2.42. The molecule has 4 fully saturated rings. The second kappa shape index (κ2) is 31.4. The summed E-state index contributed by atoms with van der Waals surface area (Å²) in [5.74, 6) is -4.43. The zero-order chi connectivity index (χ0) is 66.9. The lowest BCUT2D eigenvalue weighted by molar-refractivity contribution is -0.162. The molecule has 7 rings (SSSR count). The maximum absolute atomic E-state index is 14.5. The van der Waals surface area contributed by atoms with E-state index in [0.29, 0.717) is 41.5 Å². The number of allylic oxidation sites excluding steroid dienone is 3. The number of carboxylic acids is 1. The lowest BCUT2D eigenvalue weighted by atomic mass is 9.83. The molecule has 0 aliphatic carbocycles. The first-order valence-electron chi connectivity index (χ1n) is 29.9. The zero-order valence-electron chi connectivity index (χ0n) is 53.0. The number of hydrogen-bond acceptors (Lipinski definition) is 21. The van der Waals surface area contributed by atoms with Gasteiger partial charge in [0.25, 0.3) is 5.91 Å². The molecule has 24 nitrogen and oxygen atoms in total. The van der Waals surface area contributed by atoms with Crippen LogP contribution in [0.15, 0.2) is 48.2 Å². The molecule has 4 bridgehead atoms. The summed E-state index contributed by atoms with van der Waals surface area (Å²) in [6, 6.07) is 3.81. The standard InChI is InChI=1S/C62H82ClN7O17S4/c1-33-15-14-16-44(84-10)62(82)30-42(85-59(81)67-62)34(2)53-61(6,87-53)45(29-48(74)69(8)39-24-36(23-33)25-41(83-9)50(39)63)86-58(80)35(3)68(7)47(73)17-19-60(4,5)91-43-28-49(75)70(56(43)77)21-13-12-20-64-55(76)38-26-37(54(65-31-38)66-46(72)18-22-88-11)27-40(71)51-52(57(78)79)90-32-89-51/h14-16,24-26,31,34-35,42-45,51-53,82H,12-13,17-23,27-30,32H2,1-11H3,(H,64,76)(H,67,81)(H,78,79)(H,65,66,72)/b16-14+,33-15+/t34-,35+,42+,43?,44-,45+,51?,52?,53+,61+,62+/m1/s1. The van der Waals surface area contributed by atoms with Crippen molar-refractivity contribution in [3.63, 3.8) is 0 Å². The van der Waals surface area contributed by atoms with Crippen molar-refractivity contribution in [2.45, 2.75) is 168 Å². The van der Waals surface area contributed by atoms with E-state index in [2.05, 4.69) is 20.9 Å². The summed E-state index contributed by atoms with van der Waals surface area (Å²) < 4.78 is 28.9. The Kier molecular flexibility index (Phi) is 25.0. The molecule has 2 aromatic rings. The van der Waals surface area contributed by atoms with Gasteiger partial charge in [0.05, 0.1) is 41.4 Å². The van der Waals surface area contributed by atoms with Crippen LogP contribution >= 0.6 is 58.6 Å². The first-order valence-corrected chi connectivity index (χ1v) is 34.6. The number of aromatic nitrogens is 1. The highest BCUT2D eigenvalue weighted by Gasteiger charge is 2.64. The number of likely N-dealkylation sites (tertiary alicyclic amines) is 1. The molecule has 498 valence electrons. The van der Waals surface area contributed by atoms with Gasteiger partial charge in [-0.3, -0.25) is 48.6 Å². The number of Topliss-reactive ketones (excluding diaryl/α,β-unsaturated/α-hetero) is 1. The number of rotatable bonds is 24. The van der Waals surface area contributed by atoms with E-state index in [9.17, 15) is 58.2 Å². The fraction of sp³-hybridized carbons (Fsp3) is 0.597. The van der Waals surface area contributed by atoms with Crippen LogP contribution in [0.1, 0.15) is 114 Å². The summed E-state index contributed by atoms with van der Waals surface area (Å²) in [5.41, 5.74) is -0.884. The number of carbonyl (C=O) groups is 10. The summed E-state index contributed by atoms with van der Waals surface area (Å²) in [7, 11) is 5.86. The van der Waals surface area contributed by atoms with Gasteiger partial charge >= 0.3 is 18.0 Å². The van der Waals surface area contributed by atoms with Gasteiger partial charge in [0.1, 0.15) is 51.8 Å². The number of halogens is 1. The molecule has 3 unspecified atom stereocenters. The Bertz CT molecular complexity index is 3190. The van der Waals surface area contributed by atoms with Crippen LogP contribution in [-0.4, -0.2) is 205 Å². The topological polar surface area (TPSA) is 319 Å². The number of imide groups is 1. The molecule has 6 heterocycles. The molecule has 0 saturated carbocycles. The minimum Gasteiger partial charge on any atom is -0.495 e. The highest BCUT2D eigenvalue weighted by Crippen LogP contribution is 2.50. The van der Waals surface area contributed by atoms with Crippen molar-refractivity contribution < 1.29 is 81.8 Å². The molecule has 1 aromatic heterocycles. The van der Waals surface area contributed by atoms with Gasteiger partial charge in [0.15, 0.2) is 11.5 Å². The Morgan fingerprint density at radius 2 is 1.77 bits per heavy atom. The fourth-order valence-corrected chi connectivity index (χ4v) is 16.4. The van der Waals surface area contributed by atoms with Crippen molar-refractivity contribution >= 4 is 129 Å². The second-order valence-electron chi connectivity index (χ2n) is 24.1. The number of hydrogen-bond donors (Lipinski definition) is 5. The molecule has 5 aliphatic rings. The number of fused-ring (bicyclic) bond motifs is 5. The number of pyridine rings is 1. The third kappa shape index (κ3) is 18.1. The van der Waals surface area contributed by atoms with E-state index in [0.717, 1.165) is 11.1 Å². The molecule has 5 N–H and O–H groups in total. The molecular formula is C62H82ClN7O17S4. The lowest BCUT2D eigenvalue weighted by Crippen LogP contribution is -2.63. The number of benzene rings is 1. The highest BCUT2D eigenvalue weighted by atomic mass is 35.5. The summed E-state index contributed by atoms with van der Waals surface area (Å²) in [6.07, 6.45) is 4.19. The summed E-state index contributed by atoms with van der Waals surface area (Å²) in [5, 5.41) is 27.8. The quantitative estimate of drug-likeness (QED) is 0.0320. The van der Waals surface area contributed by atoms with E-state index in [1.807, 2.05) is 33.1 Å². The van der Waals surface area contributed by atoms with Crippen molar-refractivity contribution in [2.75, 3.05) is 68.7 Å². The number of likely N-dealkylation sites (N-methyl/N-ethyl adjacent to an activating group) is 1. The number of thioether (sulfide) groups is 4. The third-order valence-electron chi connectivity index (χ3n) is 16.9. The van der Waals surface area contributed by atoms with E-state index < -0.39 is 110 Å². The number of anilines is 2. The summed E-state index contributed by atoms with van der Waals surface area (Å²) >= 11 is 12.0. The number of carbonyl (C=O) groups excluding carboxylic acids is 9. The van der Waals surface area contributed by atoms with E-state index in [-0.39, 0.29) is 97.1 Å². The van der Waals surface area contributed by atoms with Gasteiger partial charge in [0, 0.05) is 99.7 Å². The summed E-state index contributed by atoms with van der Waals surface area (Å²) in [4.78, 5) is 142. The summed E-state index contributed by atoms with van der Waals surface area (Å²) in [6.45, 7) is 10.8. The van der Waals surface area contributed by atoms with Crippen molar-refractivity contribution in [3.05, 3.63) is 69.9 Å². The molecule has 0 radical (unpaired) electrons. The predicted molar refractivity (Wildman–Crippen MR) is 348 cm³/mol. The largest absolute Gasteiger partial charge is 0.495 e. The molecule has 7 amide bonds. The number of amides is 7. The van der Waals surface area contributed by atoms with Gasteiger partial charge in [-0.2, -0.15) is 11.8 Å². The molecule has 11 atom stereocenters. The van der Waals surface area contributed by atoms with Gasteiger partial charge in [-0.15, -0.1) is 35.3 Å². The number of esters is 1. The fourth-order valence-electron chi connectivity index (χ4n) is 11.3. The van der Waals surface area contributed by atoms with E-state index >= 15 is 0 Å². The number of epoxide rings is 1. The van der Waals surface area contributed by atoms with Crippen LogP contribution < -0.4 is 25.6 Å². The maximum Gasteiger partial charge on any atom is 0.409 e. The van der Waals surface area contributed by atoms with Crippen molar-refractivity contribution in [1.29, 1.82) is 0 Å². The monoisotopic (exact) mass is 1360 g/mol. The van der Waals surface area contributed by atoms with Crippen molar-refractivity contribution in [2.24, 2.45) is 5.92 Å². The highest BCUT2D eigenvalue weighted by molar-refractivity contribution is 8.20. The van der Waals surface area contributed by atoms with Crippen molar-refractivity contribution in [3.8, 4) is 5.75 Å². The number of ketones is 1. The Labute approximate surface area is 551 Å². The van der Waals surface area contributed by atoms with E-state index in [1.165, 1.54) is 109 Å². The van der Waals surface area contributed by atoms with Gasteiger partial charge in [0.2, 0.25) is 29.5 Å². The number of aliphatic hydroxyl groups is 1. The van der Waals surface area contributed by atoms with E-state index in [4.69, 9.17) is 35.3 Å². The van der Waals surface area contributed by atoms with Gasteiger partial charge in [-0.05, 0) is 76.5 Å². The number of ether oxygens (including phenoxy) is 5. The Morgan fingerprint density at radius 1 is 1.04 bits per heavy atom. The molecule has 4 saturated heterocycles. The number of unbranched alkanes of at least 4 members (excludes halogenated alkanes) is 1. The zero-order valence-corrected chi connectivity index (χ0v) is 57.0. The number of methoxy groups -OCH3 is 2. The van der Waals surface area contributed by atoms with Crippen LogP contribution in [0.25, 0.3) is 0 Å². The average Bonchev–Trinajstić information content (AvgIpc) is 1.58. The number of alkyl carbamates (subject to hydrolysis) is 1. The van der Waals surface area contributed by atoms with Crippen LogP contribution in [0.4, 0.5) is 16.3 Å².